The third-order valence-corrected chi connectivity index (χ3v) is 3.17. The molecular formula is C16H20N2O4. The molecule has 1 amide bonds. The van der Waals surface area contributed by atoms with E-state index < -0.39 is 0 Å². The average Bonchev–Trinajstić information content (AvgIpc) is 2.53. The molecule has 1 heterocycles. The van der Waals surface area contributed by atoms with Gasteiger partial charge in [-0.15, -0.1) is 0 Å². The van der Waals surface area contributed by atoms with Crippen molar-refractivity contribution in [2.45, 2.75) is 13.0 Å². The van der Waals surface area contributed by atoms with Crippen molar-refractivity contribution in [1.82, 2.24) is 10.3 Å². The van der Waals surface area contributed by atoms with Crippen LogP contribution >= 0.6 is 0 Å². The molecule has 6 heteroatoms. The van der Waals surface area contributed by atoms with Crippen molar-refractivity contribution in [2.24, 2.45) is 0 Å². The van der Waals surface area contributed by atoms with Gasteiger partial charge < -0.3 is 19.8 Å². The second-order valence-electron chi connectivity index (χ2n) is 4.84. The third kappa shape index (κ3) is 4.68. The van der Waals surface area contributed by atoms with Gasteiger partial charge in [-0.3, -0.25) is 9.59 Å². The summed E-state index contributed by atoms with van der Waals surface area (Å²) in [4.78, 5) is 26.8. The summed E-state index contributed by atoms with van der Waals surface area (Å²) < 4.78 is 10.1. The Kier molecular flexibility index (Phi) is 6.12. The minimum Gasteiger partial charge on any atom is -0.382 e. The van der Waals surface area contributed by atoms with Gasteiger partial charge in [-0.05, 0) is 12.1 Å². The minimum atomic E-state index is -0.119. The molecule has 0 atom stereocenters. The first-order chi connectivity index (χ1) is 10.7. The lowest BCUT2D eigenvalue weighted by Gasteiger charge is -2.07. The van der Waals surface area contributed by atoms with Gasteiger partial charge in [0.05, 0.1) is 26.4 Å². The monoisotopic (exact) mass is 304 g/mol. The predicted molar refractivity (Wildman–Crippen MR) is 83.7 cm³/mol. The summed E-state index contributed by atoms with van der Waals surface area (Å²) in [6.45, 7) is 1.63. The molecule has 1 aromatic heterocycles. The van der Waals surface area contributed by atoms with Crippen molar-refractivity contribution in [3.05, 3.63) is 46.2 Å². The molecule has 2 aromatic rings. The number of methoxy groups -OCH3 is 1. The van der Waals surface area contributed by atoms with Crippen molar-refractivity contribution in [1.29, 1.82) is 0 Å². The highest BCUT2D eigenvalue weighted by Crippen LogP contribution is 2.07. The summed E-state index contributed by atoms with van der Waals surface area (Å²) in [5.74, 6) is -0.119. The lowest BCUT2D eigenvalue weighted by atomic mass is 10.2. The summed E-state index contributed by atoms with van der Waals surface area (Å²) in [5.41, 5.74) is 1.39. The van der Waals surface area contributed by atoms with Crippen LogP contribution in [-0.2, 0) is 20.8 Å². The summed E-state index contributed by atoms with van der Waals surface area (Å²) in [5, 5.41) is 3.40. The van der Waals surface area contributed by atoms with Crippen molar-refractivity contribution >= 4 is 16.8 Å². The summed E-state index contributed by atoms with van der Waals surface area (Å²) in [6, 6.07) is 8.80. The van der Waals surface area contributed by atoms with Crippen LogP contribution in [0, 0.1) is 0 Å². The highest BCUT2D eigenvalue weighted by Gasteiger charge is 2.04. The van der Waals surface area contributed by atoms with E-state index in [1.807, 2.05) is 18.2 Å². The highest BCUT2D eigenvalue weighted by atomic mass is 16.5. The molecule has 22 heavy (non-hydrogen) atoms. The molecule has 2 rings (SSSR count). The van der Waals surface area contributed by atoms with Crippen molar-refractivity contribution < 1.29 is 14.3 Å². The lowest BCUT2D eigenvalue weighted by Crippen LogP contribution is -2.25. The Morgan fingerprint density at radius 1 is 1.23 bits per heavy atom. The first-order valence-electron chi connectivity index (χ1n) is 7.15. The van der Waals surface area contributed by atoms with Gasteiger partial charge in [0.15, 0.2) is 5.43 Å². The Labute approximate surface area is 128 Å². The van der Waals surface area contributed by atoms with E-state index in [1.54, 1.807) is 13.2 Å². The number of aromatic nitrogens is 1. The topological polar surface area (TPSA) is 80.4 Å². The number of para-hydroxylation sites is 1. The second-order valence-corrected chi connectivity index (χ2v) is 4.84. The van der Waals surface area contributed by atoms with Crippen molar-refractivity contribution in [3.8, 4) is 0 Å². The van der Waals surface area contributed by atoms with Crippen molar-refractivity contribution in [3.63, 3.8) is 0 Å². The largest absolute Gasteiger partial charge is 0.382 e. The van der Waals surface area contributed by atoms with Gasteiger partial charge >= 0.3 is 0 Å². The minimum absolute atomic E-state index is 0.0542. The van der Waals surface area contributed by atoms with E-state index in [4.69, 9.17) is 9.47 Å². The molecule has 2 N–H and O–H groups in total. The van der Waals surface area contributed by atoms with E-state index in [2.05, 4.69) is 10.3 Å². The molecule has 118 valence electrons. The fraction of sp³-hybridized carbons (Fsp3) is 0.375. The summed E-state index contributed by atoms with van der Waals surface area (Å²) >= 11 is 0. The van der Waals surface area contributed by atoms with E-state index in [0.29, 0.717) is 30.9 Å². The molecule has 0 radical (unpaired) electrons. The number of aromatic amines is 1. The van der Waals surface area contributed by atoms with Gasteiger partial charge in [0, 0.05) is 36.2 Å². The first kappa shape index (κ1) is 16.2. The molecule has 0 unspecified atom stereocenters. The fourth-order valence-electron chi connectivity index (χ4n) is 2.04. The molecule has 0 fully saturated rings. The molecule has 0 aliphatic rings. The Hall–Kier alpha value is -2.18. The molecule has 0 saturated carbocycles. The molecule has 0 bridgehead atoms. The number of fused-ring (bicyclic) bond motifs is 1. The Morgan fingerprint density at radius 3 is 2.86 bits per heavy atom. The maximum atomic E-state index is 12.0. The maximum Gasteiger partial charge on any atom is 0.222 e. The third-order valence-electron chi connectivity index (χ3n) is 3.17. The second kappa shape index (κ2) is 8.31. The van der Waals surface area contributed by atoms with Crippen LogP contribution in [0.5, 0.6) is 0 Å². The number of carbonyl (C=O) groups excluding carboxylic acids is 1. The maximum absolute atomic E-state index is 12.0. The van der Waals surface area contributed by atoms with E-state index >= 15 is 0 Å². The van der Waals surface area contributed by atoms with Crippen LogP contribution in [0.4, 0.5) is 0 Å². The Morgan fingerprint density at radius 2 is 2.05 bits per heavy atom. The van der Waals surface area contributed by atoms with E-state index in [1.165, 1.54) is 6.07 Å². The zero-order valence-corrected chi connectivity index (χ0v) is 12.6. The van der Waals surface area contributed by atoms with E-state index in [0.717, 1.165) is 5.52 Å². The molecule has 1 aromatic carbocycles. The molecule has 6 nitrogen and oxygen atoms in total. The quantitative estimate of drug-likeness (QED) is 0.718. The van der Waals surface area contributed by atoms with Gasteiger partial charge in [-0.25, -0.2) is 0 Å². The average molecular weight is 304 g/mol. The number of amides is 1. The van der Waals surface area contributed by atoms with Crippen LogP contribution in [0.15, 0.2) is 35.1 Å². The smallest absolute Gasteiger partial charge is 0.222 e. The van der Waals surface area contributed by atoms with Gasteiger partial charge in [-0.1, -0.05) is 12.1 Å². The van der Waals surface area contributed by atoms with Crippen LogP contribution in [0.2, 0.25) is 0 Å². The standard InChI is InChI=1S/C16H20N2O4/c1-21-8-9-22-7-6-16(20)17-11-12-10-15(19)13-4-2-3-5-14(13)18-12/h2-5,10H,6-9,11H2,1H3,(H,17,20)(H,18,19). The zero-order chi connectivity index (χ0) is 15.8. The van der Waals surface area contributed by atoms with Crippen LogP contribution in [0.1, 0.15) is 12.1 Å². The van der Waals surface area contributed by atoms with Gasteiger partial charge in [0.25, 0.3) is 0 Å². The number of hydrogen-bond donors (Lipinski definition) is 2. The van der Waals surface area contributed by atoms with E-state index in [-0.39, 0.29) is 24.3 Å². The van der Waals surface area contributed by atoms with Crippen LogP contribution < -0.4 is 10.7 Å². The molecule has 0 spiro atoms. The Bertz CT molecular complexity index is 681. The summed E-state index contributed by atoms with van der Waals surface area (Å²) in [7, 11) is 1.60. The van der Waals surface area contributed by atoms with Gasteiger partial charge in [0.1, 0.15) is 0 Å². The number of hydrogen-bond acceptors (Lipinski definition) is 4. The lowest BCUT2D eigenvalue weighted by molar-refractivity contribution is -0.122. The van der Waals surface area contributed by atoms with Gasteiger partial charge in [-0.2, -0.15) is 0 Å². The molecule has 0 aliphatic carbocycles. The number of carbonyl (C=O) groups is 1. The number of nitrogens with one attached hydrogen (secondary N) is 2. The van der Waals surface area contributed by atoms with Crippen LogP contribution in [-0.4, -0.2) is 37.8 Å². The number of ether oxygens (including phenoxy) is 2. The Balaban J connectivity index is 1.84. The predicted octanol–water partition coefficient (Wildman–Crippen LogP) is 1.20. The van der Waals surface area contributed by atoms with Crippen molar-refractivity contribution in [2.75, 3.05) is 26.9 Å². The summed E-state index contributed by atoms with van der Waals surface area (Å²) in [6.07, 6.45) is 0.279. The van der Waals surface area contributed by atoms with Gasteiger partial charge in [0.2, 0.25) is 5.91 Å². The number of rotatable bonds is 8. The SMILES string of the molecule is COCCOCCC(=O)NCc1cc(=O)c2ccccc2[nH]1. The molecule has 0 saturated heterocycles. The normalized spacial score (nSPS) is 10.8. The number of pyridine rings is 1. The van der Waals surface area contributed by atoms with Crippen LogP contribution in [0.25, 0.3) is 10.9 Å². The van der Waals surface area contributed by atoms with Crippen LogP contribution in [0.3, 0.4) is 0 Å². The first-order valence-corrected chi connectivity index (χ1v) is 7.15. The fourth-order valence-corrected chi connectivity index (χ4v) is 2.04. The number of benzene rings is 1. The molecule has 0 aliphatic heterocycles. The zero-order valence-electron chi connectivity index (χ0n) is 12.6. The van der Waals surface area contributed by atoms with E-state index in [9.17, 15) is 9.59 Å². The number of H-pyrrole nitrogens is 1. The highest BCUT2D eigenvalue weighted by molar-refractivity contribution is 5.78. The molecular weight excluding hydrogens is 284 g/mol.